The first-order chi connectivity index (χ1) is 8.70. The van der Waals surface area contributed by atoms with E-state index in [9.17, 15) is 4.79 Å². The van der Waals surface area contributed by atoms with Crippen LogP contribution < -0.4 is 10.6 Å². The van der Waals surface area contributed by atoms with Crippen LogP contribution >= 0.6 is 11.6 Å². The van der Waals surface area contributed by atoms with Gasteiger partial charge < -0.3 is 15.1 Å². The SMILES string of the molecule is O=C(NCc1nc2ccc(Cl)cc2o1)NC1CC1. The molecule has 0 spiro atoms. The van der Waals surface area contributed by atoms with Gasteiger partial charge in [0.05, 0.1) is 6.54 Å². The van der Waals surface area contributed by atoms with Crippen LogP contribution in [0.1, 0.15) is 18.7 Å². The lowest BCUT2D eigenvalue weighted by Crippen LogP contribution is -2.36. The van der Waals surface area contributed by atoms with Crippen LogP contribution in [-0.2, 0) is 6.54 Å². The number of amides is 2. The number of aromatic nitrogens is 1. The van der Waals surface area contributed by atoms with Gasteiger partial charge in [0.2, 0.25) is 5.89 Å². The molecule has 1 aliphatic carbocycles. The molecule has 0 aliphatic heterocycles. The molecule has 2 amide bonds. The van der Waals surface area contributed by atoms with E-state index in [-0.39, 0.29) is 12.6 Å². The van der Waals surface area contributed by atoms with Crippen LogP contribution in [-0.4, -0.2) is 17.1 Å². The fourth-order valence-electron chi connectivity index (χ4n) is 1.64. The molecule has 1 fully saturated rings. The molecule has 2 aromatic rings. The number of nitrogens with one attached hydrogen (secondary N) is 2. The van der Waals surface area contributed by atoms with Gasteiger partial charge in [0, 0.05) is 17.1 Å². The van der Waals surface area contributed by atoms with E-state index in [1.807, 2.05) is 0 Å². The molecule has 18 heavy (non-hydrogen) atoms. The highest BCUT2D eigenvalue weighted by molar-refractivity contribution is 6.31. The molecule has 2 N–H and O–H groups in total. The first kappa shape index (κ1) is 11.3. The maximum absolute atomic E-state index is 11.4. The lowest BCUT2D eigenvalue weighted by molar-refractivity contribution is 0.239. The van der Waals surface area contributed by atoms with Crippen molar-refractivity contribution in [1.29, 1.82) is 0 Å². The van der Waals surface area contributed by atoms with E-state index >= 15 is 0 Å². The summed E-state index contributed by atoms with van der Waals surface area (Å²) < 4.78 is 5.48. The zero-order chi connectivity index (χ0) is 12.5. The Balaban J connectivity index is 1.64. The molecule has 1 aromatic heterocycles. The van der Waals surface area contributed by atoms with Crippen molar-refractivity contribution in [3.8, 4) is 0 Å². The minimum Gasteiger partial charge on any atom is -0.439 e. The van der Waals surface area contributed by atoms with Crippen molar-refractivity contribution >= 4 is 28.7 Å². The van der Waals surface area contributed by atoms with Crippen LogP contribution in [0.5, 0.6) is 0 Å². The molecular weight excluding hydrogens is 254 g/mol. The van der Waals surface area contributed by atoms with Crippen molar-refractivity contribution in [2.75, 3.05) is 0 Å². The van der Waals surface area contributed by atoms with Crippen molar-refractivity contribution in [2.24, 2.45) is 0 Å². The highest BCUT2D eigenvalue weighted by atomic mass is 35.5. The van der Waals surface area contributed by atoms with Crippen LogP contribution in [0.15, 0.2) is 22.6 Å². The third kappa shape index (κ3) is 2.56. The second-order valence-corrected chi connectivity index (χ2v) is 4.76. The Morgan fingerprint density at radius 3 is 3.11 bits per heavy atom. The Morgan fingerprint density at radius 2 is 2.33 bits per heavy atom. The maximum Gasteiger partial charge on any atom is 0.315 e. The van der Waals surface area contributed by atoms with E-state index in [1.165, 1.54) is 0 Å². The second kappa shape index (κ2) is 4.49. The molecule has 1 aromatic carbocycles. The van der Waals surface area contributed by atoms with Gasteiger partial charge in [-0.1, -0.05) is 11.6 Å². The highest BCUT2D eigenvalue weighted by Gasteiger charge is 2.23. The monoisotopic (exact) mass is 265 g/mol. The zero-order valence-corrected chi connectivity index (χ0v) is 10.3. The lowest BCUT2D eigenvalue weighted by atomic mass is 10.3. The molecule has 3 rings (SSSR count). The minimum atomic E-state index is -0.183. The largest absolute Gasteiger partial charge is 0.439 e. The van der Waals surface area contributed by atoms with E-state index in [0.717, 1.165) is 18.4 Å². The molecule has 6 heteroatoms. The normalized spacial score (nSPS) is 14.7. The summed E-state index contributed by atoms with van der Waals surface area (Å²) in [7, 11) is 0. The van der Waals surface area contributed by atoms with Gasteiger partial charge in [0.15, 0.2) is 5.58 Å². The Labute approximate surface area is 109 Å². The molecule has 0 saturated heterocycles. The Morgan fingerprint density at radius 1 is 1.50 bits per heavy atom. The number of benzene rings is 1. The van der Waals surface area contributed by atoms with Crippen LogP contribution in [0.2, 0.25) is 5.02 Å². The summed E-state index contributed by atoms with van der Waals surface area (Å²) in [6.45, 7) is 0.269. The molecule has 0 unspecified atom stereocenters. The number of oxazole rings is 1. The summed E-state index contributed by atoms with van der Waals surface area (Å²) in [5.74, 6) is 0.471. The van der Waals surface area contributed by atoms with Gasteiger partial charge in [-0.15, -0.1) is 0 Å². The van der Waals surface area contributed by atoms with Crippen molar-refractivity contribution in [3.63, 3.8) is 0 Å². The fourth-order valence-corrected chi connectivity index (χ4v) is 1.80. The number of hydrogen-bond donors (Lipinski definition) is 2. The van der Waals surface area contributed by atoms with Crippen LogP contribution in [0, 0.1) is 0 Å². The van der Waals surface area contributed by atoms with E-state index in [4.69, 9.17) is 16.0 Å². The molecule has 94 valence electrons. The predicted molar refractivity (Wildman–Crippen MR) is 67.4 cm³/mol. The van der Waals surface area contributed by atoms with Gasteiger partial charge >= 0.3 is 6.03 Å². The average molecular weight is 266 g/mol. The summed E-state index contributed by atoms with van der Waals surface area (Å²) in [5.41, 5.74) is 1.36. The Hall–Kier alpha value is -1.75. The zero-order valence-electron chi connectivity index (χ0n) is 9.57. The molecular formula is C12H12ClN3O2. The first-order valence-electron chi connectivity index (χ1n) is 5.80. The van der Waals surface area contributed by atoms with Gasteiger partial charge in [-0.3, -0.25) is 0 Å². The van der Waals surface area contributed by atoms with E-state index in [1.54, 1.807) is 18.2 Å². The van der Waals surface area contributed by atoms with Crippen LogP contribution in [0.4, 0.5) is 4.79 Å². The van der Waals surface area contributed by atoms with Gasteiger partial charge in [0.25, 0.3) is 0 Å². The standard InChI is InChI=1S/C12H12ClN3O2/c13-7-1-4-9-10(5-7)18-11(16-9)6-14-12(17)15-8-2-3-8/h1,4-5,8H,2-3,6H2,(H2,14,15,17). The molecule has 5 nitrogen and oxygen atoms in total. The number of nitrogens with zero attached hydrogens (tertiary/aromatic N) is 1. The van der Waals surface area contributed by atoms with Crippen LogP contribution in [0.3, 0.4) is 0 Å². The quantitative estimate of drug-likeness (QED) is 0.896. The Kier molecular flexibility index (Phi) is 2.83. The van der Waals surface area contributed by atoms with Crippen LogP contribution in [0.25, 0.3) is 11.1 Å². The lowest BCUT2D eigenvalue weighted by Gasteiger charge is -2.03. The highest BCUT2D eigenvalue weighted by Crippen LogP contribution is 2.20. The number of carbonyl (C=O) groups is 1. The summed E-state index contributed by atoms with van der Waals surface area (Å²) in [6, 6.07) is 5.40. The van der Waals surface area contributed by atoms with Gasteiger partial charge in [-0.2, -0.15) is 0 Å². The smallest absolute Gasteiger partial charge is 0.315 e. The average Bonchev–Trinajstić information content (AvgIpc) is 3.04. The molecule has 0 radical (unpaired) electrons. The Bertz CT molecular complexity index is 592. The maximum atomic E-state index is 11.4. The van der Waals surface area contributed by atoms with E-state index in [0.29, 0.717) is 22.5 Å². The summed E-state index contributed by atoms with van der Waals surface area (Å²) in [4.78, 5) is 15.7. The van der Waals surface area contributed by atoms with Crippen molar-refractivity contribution in [1.82, 2.24) is 15.6 Å². The number of rotatable bonds is 3. The van der Waals surface area contributed by atoms with Gasteiger partial charge in [-0.05, 0) is 25.0 Å². The number of halogens is 1. The molecule has 1 saturated carbocycles. The van der Waals surface area contributed by atoms with Crippen molar-refractivity contribution in [3.05, 3.63) is 29.1 Å². The summed E-state index contributed by atoms with van der Waals surface area (Å²) in [6.07, 6.45) is 2.13. The predicted octanol–water partition coefficient (Wildman–Crippen LogP) is 2.44. The first-order valence-corrected chi connectivity index (χ1v) is 6.18. The van der Waals surface area contributed by atoms with Crippen molar-refractivity contribution < 1.29 is 9.21 Å². The number of fused-ring (bicyclic) bond motifs is 1. The van der Waals surface area contributed by atoms with E-state index in [2.05, 4.69) is 15.6 Å². The fraction of sp³-hybridized carbons (Fsp3) is 0.333. The van der Waals surface area contributed by atoms with E-state index < -0.39 is 0 Å². The molecule has 1 aliphatic rings. The molecule has 0 atom stereocenters. The second-order valence-electron chi connectivity index (χ2n) is 4.32. The minimum absolute atomic E-state index is 0.183. The molecule has 0 bridgehead atoms. The number of hydrogen-bond acceptors (Lipinski definition) is 3. The third-order valence-electron chi connectivity index (χ3n) is 2.71. The molecule has 1 heterocycles. The number of urea groups is 1. The summed E-state index contributed by atoms with van der Waals surface area (Å²) >= 11 is 5.85. The number of carbonyl (C=O) groups excluding carboxylic acids is 1. The topological polar surface area (TPSA) is 67.2 Å². The van der Waals surface area contributed by atoms with Gasteiger partial charge in [-0.25, -0.2) is 9.78 Å². The van der Waals surface area contributed by atoms with Crippen molar-refractivity contribution in [2.45, 2.75) is 25.4 Å². The van der Waals surface area contributed by atoms with Gasteiger partial charge in [0.1, 0.15) is 5.52 Å². The third-order valence-corrected chi connectivity index (χ3v) is 2.94. The summed E-state index contributed by atoms with van der Waals surface area (Å²) in [5, 5.41) is 6.13.